The lowest BCUT2D eigenvalue weighted by atomic mass is 9.98. The summed E-state index contributed by atoms with van der Waals surface area (Å²) in [4.78, 5) is 0. The molecule has 77 heavy (non-hydrogen) atoms. The van der Waals surface area contributed by atoms with E-state index in [1.807, 2.05) is 0 Å². The zero-order valence-corrected chi connectivity index (χ0v) is 40.5. The molecule has 0 aromatic rings. The van der Waals surface area contributed by atoms with E-state index in [1.165, 1.54) is 0 Å². The van der Waals surface area contributed by atoms with E-state index in [0.29, 0.717) is 0 Å². The van der Waals surface area contributed by atoms with Crippen LogP contribution in [0.2, 0.25) is 0 Å². The van der Waals surface area contributed by atoms with Gasteiger partial charge in [0.1, 0.15) is 79.4 Å². The monoisotopic (exact) mass is 1130 g/mol. The third-order valence-electron chi connectivity index (χ3n) is 11.7. The van der Waals surface area contributed by atoms with Crippen LogP contribution in [0.5, 0.6) is 0 Å². The number of aliphatic hydroxyl groups is 25. The predicted molar refractivity (Wildman–Crippen MR) is 242 cm³/mol. The Morgan fingerprint density at radius 3 is 0.753 bits per heavy atom. The molecule has 0 aromatic heterocycles. The molecule has 2 saturated heterocycles. The van der Waals surface area contributed by atoms with Crippen molar-refractivity contribution < 1.29 is 170 Å². The van der Waals surface area contributed by atoms with Crippen molar-refractivity contribution in [3.63, 3.8) is 0 Å². The van der Waals surface area contributed by atoms with Crippen molar-refractivity contribution in [1.29, 1.82) is 0 Å². The van der Waals surface area contributed by atoms with Crippen LogP contribution >= 0.6 is 0 Å². The molecule has 5 heterocycles. The Morgan fingerprint density at radius 1 is 0.286 bits per heavy atom. The van der Waals surface area contributed by atoms with Crippen LogP contribution in [0, 0.1) is 0 Å². The van der Waals surface area contributed by atoms with Gasteiger partial charge >= 0.3 is 0 Å². The average Bonchev–Trinajstić information content (AvgIpc) is 3.41. The summed E-state index contributed by atoms with van der Waals surface area (Å²) in [7, 11) is 0. The molecule has 0 radical (unpaired) electrons. The molecule has 35 heteroatoms. The van der Waals surface area contributed by atoms with Gasteiger partial charge in [-0.2, -0.15) is 0 Å². The van der Waals surface area contributed by atoms with Gasteiger partial charge in [0.25, 0.3) is 0 Å². The Morgan fingerprint density at radius 2 is 0.519 bits per heavy atom. The molecular weight excluding hydrogens is 1060 g/mol. The van der Waals surface area contributed by atoms with E-state index in [1.54, 1.807) is 0 Å². The fourth-order valence-electron chi connectivity index (χ4n) is 7.50. The van der Waals surface area contributed by atoms with Gasteiger partial charge in [0.05, 0.1) is 13.2 Å². The highest BCUT2D eigenvalue weighted by Gasteiger charge is 2.50. The van der Waals surface area contributed by atoms with Gasteiger partial charge in [-0.3, -0.25) is 0 Å². The molecule has 0 amide bonds. The fourth-order valence-corrected chi connectivity index (χ4v) is 7.50. The summed E-state index contributed by atoms with van der Waals surface area (Å²) < 4.78 is 47.4. The minimum atomic E-state index is -2.83. The molecule has 35 nitrogen and oxygen atoms in total. The van der Waals surface area contributed by atoms with Crippen molar-refractivity contribution >= 4 is 0 Å². The number of aliphatic hydroxyl groups excluding tert-OH is 25. The summed E-state index contributed by atoms with van der Waals surface area (Å²) in [6.45, 7) is -6.54. The normalized spacial score (nSPS) is 42.0. The first-order valence-electron chi connectivity index (χ1n) is 23.3. The van der Waals surface area contributed by atoms with Crippen molar-refractivity contribution in [2.75, 3.05) is 46.2 Å². The van der Waals surface area contributed by atoms with E-state index in [2.05, 4.69) is 0 Å². The molecule has 2 fully saturated rings. The predicted octanol–water partition coefficient (Wildman–Crippen LogP) is -7.32. The Balaban J connectivity index is 2.20. The second-order valence-corrected chi connectivity index (χ2v) is 17.0. The second kappa shape index (κ2) is 31.5. The van der Waals surface area contributed by atoms with Crippen molar-refractivity contribution in [1.82, 2.24) is 0 Å². The summed E-state index contributed by atoms with van der Waals surface area (Å²) in [6, 6.07) is 0. The van der Waals surface area contributed by atoms with E-state index in [0.717, 1.165) is 0 Å². The third kappa shape index (κ3) is 17.1. The van der Waals surface area contributed by atoms with Gasteiger partial charge in [0.15, 0.2) is 70.2 Å². The van der Waals surface area contributed by atoms with Gasteiger partial charge in [0.2, 0.25) is 31.5 Å². The summed E-state index contributed by atoms with van der Waals surface area (Å²) in [6.07, 6.45) is -49.8. The van der Waals surface area contributed by atoms with Gasteiger partial charge in [0, 0.05) is 52.1 Å². The van der Waals surface area contributed by atoms with Crippen molar-refractivity contribution in [3.8, 4) is 0 Å². The van der Waals surface area contributed by atoms with E-state index in [-0.39, 0.29) is 0 Å². The number of nitrogens with two attached hydrogens (primary N) is 1. The molecule has 4 bridgehead atoms. The summed E-state index contributed by atoms with van der Waals surface area (Å²) in [5.41, 5.74) is 5.62. The van der Waals surface area contributed by atoms with Crippen LogP contribution in [0.1, 0.15) is 32.1 Å². The molecule has 5 aliphatic heterocycles. The molecule has 20 atom stereocenters. The van der Waals surface area contributed by atoms with Gasteiger partial charge in [-0.05, 0) is 13.0 Å². The van der Waals surface area contributed by atoms with Gasteiger partial charge < -0.3 is 176 Å². The van der Waals surface area contributed by atoms with E-state index >= 15 is 0 Å². The van der Waals surface area contributed by atoms with Crippen LogP contribution < -0.4 is 5.73 Å². The molecule has 448 valence electrons. The lowest BCUT2D eigenvalue weighted by molar-refractivity contribution is -0.331. The fraction of sp³-hybridized carbons (Fsp3) is 0.762. The highest BCUT2D eigenvalue weighted by molar-refractivity contribution is 5.14. The van der Waals surface area contributed by atoms with E-state index in [9.17, 15) is 128 Å². The quantitative estimate of drug-likeness (QED) is 0.0863. The lowest BCUT2D eigenvalue weighted by Gasteiger charge is -2.43. The SMILES string of the molecule is NCCC1OC2OC(CO)C(OC(O)/C(O)=C(\O)C(CCO)OC3OC(CO)C(OC(O)/C(O)=C(/O)C(CCO)OC(O)/C(O)=C(\O)C(CCO)OC(O)/C(O)=C(/O)C(CCO)OC(O)C(O)=C1O)C(O)C3O)C(O)C2O. The molecular formula is C42H71NO34. The van der Waals surface area contributed by atoms with Crippen LogP contribution in [0.25, 0.3) is 0 Å². The average molecular weight is 1130 g/mol. The molecule has 27 N–H and O–H groups in total. The summed E-state index contributed by atoms with van der Waals surface area (Å²) in [5.74, 6) is -15.3. The topological polar surface area (TPSA) is 615 Å². The van der Waals surface area contributed by atoms with Crippen LogP contribution in [0.15, 0.2) is 57.6 Å². The van der Waals surface area contributed by atoms with Crippen LogP contribution in [-0.2, 0) is 42.6 Å². The van der Waals surface area contributed by atoms with Gasteiger partial charge in [-0.25, -0.2) is 0 Å². The van der Waals surface area contributed by atoms with E-state index < -0.39 is 259 Å². The first-order chi connectivity index (χ1) is 36.3. The highest BCUT2D eigenvalue weighted by atomic mass is 16.7. The molecule has 0 saturated carbocycles. The zero-order valence-electron chi connectivity index (χ0n) is 40.5. The third-order valence-corrected chi connectivity index (χ3v) is 11.7. The highest BCUT2D eigenvalue weighted by Crippen LogP contribution is 2.33. The number of hydrogen-bond acceptors (Lipinski definition) is 35. The maximum atomic E-state index is 11.1. The molecule has 20 unspecified atom stereocenters. The molecule has 5 rings (SSSR count). The minimum absolute atomic E-state index is 0.417. The van der Waals surface area contributed by atoms with Crippen molar-refractivity contribution in [3.05, 3.63) is 57.6 Å². The Kier molecular flexibility index (Phi) is 27.4. The smallest absolute Gasteiger partial charge is 0.218 e. The maximum Gasteiger partial charge on any atom is 0.218 e. The molecule has 0 spiro atoms. The minimum Gasteiger partial charge on any atom is -0.506 e. The molecule has 0 aromatic carbocycles. The van der Waals surface area contributed by atoms with Crippen LogP contribution in [0.4, 0.5) is 0 Å². The number of fused-ring (bicyclic) bond motifs is 2. The Hall–Kier alpha value is -4.30. The number of ether oxygens (including phenoxy) is 9. The molecule has 0 aliphatic carbocycles. The van der Waals surface area contributed by atoms with Gasteiger partial charge in [-0.15, -0.1) is 0 Å². The first-order valence-corrected chi connectivity index (χ1v) is 23.3. The van der Waals surface area contributed by atoms with E-state index in [4.69, 9.17) is 48.4 Å². The molecule has 5 aliphatic rings. The number of hydrogen-bond donors (Lipinski definition) is 26. The van der Waals surface area contributed by atoms with Crippen molar-refractivity contribution in [2.24, 2.45) is 5.73 Å². The zero-order chi connectivity index (χ0) is 58.2. The first kappa shape index (κ1) is 67.0. The van der Waals surface area contributed by atoms with Gasteiger partial charge in [-0.1, -0.05) is 0 Å². The summed E-state index contributed by atoms with van der Waals surface area (Å²) >= 11 is 0. The number of rotatable bonds is 12. The largest absolute Gasteiger partial charge is 0.506 e. The standard InChI is InChI=1S/C42H71NO34/c43-6-1-13-20(50)27(57)36(64)69-14(2-7-44)21(51)28(58)37(65)70-15(3-8-45)22(52)29(59)38(66)71-16(4-9-46)23(53)30(60)39(67)76-35-19(12-49)75-42(33(63)26(35)56)73-17(5-10-47)24(54)31(61)40(68)77-34-18(11-48)74-41(72-13)32(62)25(34)55/h13-19,25-26,32-42,44-68H,1-12,43H2/b27-20?,28-21-,29-22+,30-23-,31-24+. The van der Waals surface area contributed by atoms with Crippen molar-refractivity contribution in [2.45, 2.75) is 155 Å². The van der Waals surface area contributed by atoms with Crippen LogP contribution in [-0.4, -0.2) is 297 Å². The van der Waals surface area contributed by atoms with Crippen LogP contribution in [0.3, 0.4) is 0 Å². The summed E-state index contributed by atoms with van der Waals surface area (Å²) in [5, 5.41) is 266. The second-order valence-electron chi connectivity index (χ2n) is 17.0. The Labute approximate surface area is 434 Å². The lowest BCUT2D eigenvalue weighted by Crippen LogP contribution is -2.61. The maximum absolute atomic E-state index is 11.1. The Bertz CT molecular complexity index is 1970.